The molecule has 1 heterocycles. The number of halogens is 1. The Hall–Kier alpha value is -1.75. The van der Waals surface area contributed by atoms with E-state index in [0.29, 0.717) is 29.2 Å². The highest BCUT2D eigenvalue weighted by Crippen LogP contribution is 2.19. The molecule has 0 bridgehead atoms. The minimum atomic E-state index is -0.469. The summed E-state index contributed by atoms with van der Waals surface area (Å²) in [5.74, 6) is -0.461. The predicted octanol–water partition coefficient (Wildman–Crippen LogP) is 0.931. The Morgan fingerprint density at radius 1 is 1.50 bits per heavy atom. The van der Waals surface area contributed by atoms with Gasteiger partial charge >= 0.3 is 0 Å². The largest absolute Gasteiger partial charge is 0.398 e. The van der Waals surface area contributed by atoms with E-state index in [9.17, 15) is 9.59 Å². The zero-order valence-corrected chi connectivity index (χ0v) is 10.5. The van der Waals surface area contributed by atoms with Crippen molar-refractivity contribution in [3.8, 4) is 0 Å². The summed E-state index contributed by atoms with van der Waals surface area (Å²) in [6.45, 7) is 0.666. The van der Waals surface area contributed by atoms with Crippen LogP contribution in [0.2, 0.25) is 5.02 Å². The summed E-state index contributed by atoms with van der Waals surface area (Å²) in [7, 11) is 0. The lowest BCUT2D eigenvalue weighted by Crippen LogP contribution is -2.50. The molecule has 0 spiro atoms. The molecule has 1 aromatic rings. The van der Waals surface area contributed by atoms with Gasteiger partial charge in [-0.1, -0.05) is 11.6 Å². The summed E-state index contributed by atoms with van der Waals surface area (Å²) in [6.07, 6.45) is 1.51. The molecule has 0 saturated carbocycles. The SMILES string of the molecule is Nc1cc(C(=O)NC2CCCNC2=O)ccc1Cl. The molecule has 96 valence electrons. The number of carbonyl (C=O) groups is 2. The first-order valence-corrected chi connectivity index (χ1v) is 6.09. The second-order valence-corrected chi connectivity index (χ2v) is 4.60. The van der Waals surface area contributed by atoms with Crippen LogP contribution in [0.1, 0.15) is 23.2 Å². The van der Waals surface area contributed by atoms with Crippen LogP contribution >= 0.6 is 11.6 Å². The standard InChI is InChI=1S/C12H14ClN3O2/c13-8-4-3-7(6-9(8)14)11(17)16-10-2-1-5-15-12(10)18/h3-4,6,10H,1-2,5,14H2,(H,15,18)(H,16,17). The maximum atomic E-state index is 11.9. The number of benzene rings is 1. The summed E-state index contributed by atoms with van der Waals surface area (Å²) in [5.41, 5.74) is 6.37. The normalized spacial score (nSPS) is 19.2. The van der Waals surface area contributed by atoms with E-state index in [1.807, 2.05) is 0 Å². The van der Waals surface area contributed by atoms with E-state index in [2.05, 4.69) is 10.6 Å². The third-order valence-electron chi connectivity index (χ3n) is 2.85. The minimum absolute atomic E-state index is 0.142. The van der Waals surface area contributed by atoms with Crippen LogP contribution in [-0.4, -0.2) is 24.4 Å². The van der Waals surface area contributed by atoms with Crippen molar-refractivity contribution in [1.29, 1.82) is 0 Å². The van der Waals surface area contributed by atoms with Gasteiger partial charge < -0.3 is 16.4 Å². The highest BCUT2D eigenvalue weighted by molar-refractivity contribution is 6.33. The smallest absolute Gasteiger partial charge is 0.252 e. The van der Waals surface area contributed by atoms with Gasteiger partial charge in [-0.05, 0) is 31.0 Å². The number of anilines is 1. The Kier molecular flexibility index (Phi) is 3.72. The zero-order chi connectivity index (χ0) is 13.1. The second-order valence-electron chi connectivity index (χ2n) is 4.20. The highest BCUT2D eigenvalue weighted by atomic mass is 35.5. The predicted molar refractivity (Wildman–Crippen MR) is 69.4 cm³/mol. The lowest BCUT2D eigenvalue weighted by molar-refractivity contribution is -0.124. The Labute approximate surface area is 110 Å². The molecule has 4 N–H and O–H groups in total. The molecule has 0 radical (unpaired) electrons. The Morgan fingerprint density at radius 2 is 2.28 bits per heavy atom. The van der Waals surface area contributed by atoms with Crippen LogP contribution in [-0.2, 0) is 4.79 Å². The first-order valence-electron chi connectivity index (χ1n) is 5.71. The van der Waals surface area contributed by atoms with Gasteiger partial charge in [-0.15, -0.1) is 0 Å². The number of amides is 2. The van der Waals surface area contributed by atoms with Crippen LogP contribution in [0.4, 0.5) is 5.69 Å². The molecule has 2 rings (SSSR count). The second kappa shape index (κ2) is 5.27. The Bertz CT molecular complexity index is 490. The Balaban J connectivity index is 2.07. The summed E-state index contributed by atoms with van der Waals surface area (Å²) in [6, 6.07) is 4.17. The van der Waals surface area contributed by atoms with Crippen molar-refractivity contribution in [2.24, 2.45) is 0 Å². The van der Waals surface area contributed by atoms with Crippen molar-refractivity contribution < 1.29 is 9.59 Å². The Morgan fingerprint density at radius 3 is 2.94 bits per heavy atom. The van der Waals surface area contributed by atoms with Gasteiger partial charge in [-0.25, -0.2) is 0 Å². The van der Waals surface area contributed by atoms with E-state index in [1.54, 1.807) is 12.1 Å². The van der Waals surface area contributed by atoms with E-state index in [1.165, 1.54) is 6.07 Å². The van der Waals surface area contributed by atoms with Crippen LogP contribution < -0.4 is 16.4 Å². The molecule has 1 aliphatic rings. The van der Waals surface area contributed by atoms with Crippen LogP contribution in [0.15, 0.2) is 18.2 Å². The molecule has 2 amide bonds. The monoisotopic (exact) mass is 267 g/mol. The van der Waals surface area contributed by atoms with Crippen LogP contribution in [0.3, 0.4) is 0 Å². The molecule has 1 saturated heterocycles. The maximum Gasteiger partial charge on any atom is 0.252 e. The molecule has 1 fully saturated rings. The molecule has 0 aromatic heterocycles. The van der Waals surface area contributed by atoms with E-state index in [4.69, 9.17) is 17.3 Å². The molecular weight excluding hydrogens is 254 g/mol. The number of nitrogens with one attached hydrogen (secondary N) is 2. The van der Waals surface area contributed by atoms with Gasteiger partial charge in [0.25, 0.3) is 5.91 Å². The number of carbonyl (C=O) groups excluding carboxylic acids is 2. The number of nitrogens with two attached hydrogens (primary N) is 1. The topological polar surface area (TPSA) is 84.2 Å². The average Bonchev–Trinajstić information content (AvgIpc) is 2.35. The third-order valence-corrected chi connectivity index (χ3v) is 3.19. The summed E-state index contributed by atoms with van der Waals surface area (Å²) >= 11 is 5.78. The fraction of sp³-hybridized carbons (Fsp3) is 0.333. The summed E-state index contributed by atoms with van der Waals surface area (Å²) in [5, 5.41) is 5.80. The fourth-order valence-corrected chi connectivity index (χ4v) is 1.95. The molecule has 1 aliphatic heterocycles. The first kappa shape index (κ1) is 12.7. The number of hydrogen-bond donors (Lipinski definition) is 3. The van der Waals surface area contributed by atoms with Crippen LogP contribution in [0, 0.1) is 0 Å². The van der Waals surface area contributed by atoms with Gasteiger partial charge in [-0.3, -0.25) is 9.59 Å². The van der Waals surface area contributed by atoms with Gasteiger partial charge in [0.05, 0.1) is 10.7 Å². The lowest BCUT2D eigenvalue weighted by Gasteiger charge is -2.22. The quantitative estimate of drug-likeness (QED) is 0.697. The van der Waals surface area contributed by atoms with Crippen molar-refractivity contribution in [3.63, 3.8) is 0 Å². The fourth-order valence-electron chi connectivity index (χ4n) is 1.84. The van der Waals surface area contributed by atoms with Gasteiger partial charge in [0.2, 0.25) is 5.91 Å². The first-order chi connectivity index (χ1) is 8.58. The summed E-state index contributed by atoms with van der Waals surface area (Å²) < 4.78 is 0. The van der Waals surface area contributed by atoms with Crippen LogP contribution in [0.5, 0.6) is 0 Å². The van der Waals surface area contributed by atoms with E-state index in [0.717, 1.165) is 6.42 Å². The zero-order valence-electron chi connectivity index (χ0n) is 9.70. The molecular formula is C12H14ClN3O2. The molecule has 1 aromatic carbocycles. The number of nitrogen functional groups attached to an aromatic ring is 1. The van der Waals surface area contributed by atoms with Gasteiger partial charge in [-0.2, -0.15) is 0 Å². The van der Waals surface area contributed by atoms with Gasteiger partial charge in [0, 0.05) is 12.1 Å². The molecule has 18 heavy (non-hydrogen) atoms. The van der Waals surface area contributed by atoms with Gasteiger partial charge in [0.15, 0.2) is 0 Å². The maximum absolute atomic E-state index is 11.9. The van der Waals surface area contributed by atoms with Gasteiger partial charge in [0.1, 0.15) is 6.04 Å². The number of rotatable bonds is 2. The van der Waals surface area contributed by atoms with Crippen molar-refractivity contribution in [2.75, 3.05) is 12.3 Å². The third kappa shape index (κ3) is 2.73. The van der Waals surface area contributed by atoms with E-state index in [-0.39, 0.29) is 11.8 Å². The molecule has 0 aliphatic carbocycles. The van der Waals surface area contributed by atoms with E-state index < -0.39 is 6.04 Å². The van der Waals surface area contributed by atoms with Crippen molar-refractivity contribution in [2.45, 2.75) is 18.9 Å². The summed E-state index contributed by atoms with van der Waals surface area (Å²) in [4.78, 5) is 23.4. The van der Waals surface area contributed by atoms with E-state index >= 15 is 0 Å². The highest BCUT2D eigenvalue weighted by Gasteiger charge is 2.24. The van der Waals surface area contributed by atoms with Crippen LogP contribution in [0.25, 0.3) is 0 Å². The average molecular weight is 268 g/mol. The molecule has 6 heteroatoms. The van der Waals surface area contributed by atoms with Crippen molar-refractivity contribution >= 4 is 29.1 Å². The molecule has 5 nitrogen and oxygen atoms in total. The molecule has 1 unspecified atom stereocenters. The minimum Gasteiger partial charge on any atom is -0.398 e. The van der Waals surface area contributed by atoms with Crippen molar-refractivity contribution in [1.82, 2.24) is 10.6 Å². The number of hydrogen-bond acceptors (Lipinski definition) is 3. The number of piperidine rings is 1. The van der Waals surface area contributed by atoms with Crippen molar-refractivity contribution in [3.05, 3.63) is 28.8 Å². The lowest BCUT2D eigenvalue weighted by atomic mass is 10.1. The molecule has 1 atom stereocenters.